The van der Waals surface area contributed by atoms with Crippen LogP contribution in [0.5, 0.6) is 0 Å². The van der Waals surface area contributed by atoms with Crippen LogP contribution in [-0.2, 0) is 6.54 Å². The summed E-state index contributed by atoms with van der Waals surface area (Å²) in [6, 6.07) is 10.5. The number of aromatic nitrogens is 3. The van der Waals surface area contributed by atoms with Crippen LogP contribution in [0.1, 0.15) is 10.5 Å². The first kappa shape index (κ1) is 17.8. The Morgan fingerprint density at radius 1 is 1.11 bits per heavy atom. The summed E-state index contributed by atoms with van der Waals surface area (Å²) in [4.78, 5) is 31.8. The standard InChI is InChI=1S/C19H20ClN5O2/c20-15-3-4-16-14(12-15)13-17(22-16)19(27)24-9-6-23(7-10-24)8-11-25-18(26)2-1-5-21-25/h1-5,12-13,22H,6-11H2. The molecule has 3 heterocycles. The molecule has 8 heteroatoms. The summed E-state index contributed by atoms with van der Waals surface area (Å²) in [6.07, 6.45) is 1.62. The molecule has 1 aliphatic rings. The third-order valence-corrected chi connectivity index (χ3v) is 5.12. The van der Waals surface area contributed by atoms with E-state index in [2.05, 4.69) is 15.0 Å². The van der Waals surface area contributed by atoms with E-state index < -0.39 is 0 Å². The number of piperazine rings is 1. The van der Waals surface area contributed by atoms with Crippen LogP contribution in [0.3, 0.4) is 0 Å². The average Bonchev–Trinajstić information content (AvgIpc) is 3.10. The fraction of sp³-hybridized carbons (Fsp3) is 0.316. The summed E-state index contributed by atoms with van der Waals surface area (Å²) in [7, 11) is 0. The Hall–Kier alpha value is -2.64. The zero-order valence-electron chi connectivity index (χ0n) is 14.8. The highest BCUT2D eigenvalue weighted by Gasteiger charge is 2.23. The Morgan fingerprint density at radius 2 is 1.93 bits per heavy atom. The third-order valence-electron chi connectivity index (χ3n) is 4.89. The maximum atomic E-state index is 12.8. The lowest BCUT2D eigenvalue weighted by atomic mass is 10.2. The van der Waals surface area contributed by atoms with E-state index in [0.29, 0.717) is 30.4 Å². The first-order valence-corrected chi connectivity index (χ1v) is 9.30. The Kier molecular flexibility index (Phi) is 4.96. The Morgan fingerprint density at radius 3 is 2.70 bits per heavy atom. The highest BCUT2D eigenvalue weighted by molar-refractivity contribution is 6.31. The van der Waals surface area contributed by atoms with Crippen LogP contribution in [0.2, 0.25) is 5.02 Å². The second kappa shape index (κ2) is 7.54. The number of hydrogen-bond donors (Lipinski definition) is 1. The molecule has 0 unspecified atom stereocenters. The molecule has 1 saturated heterocycles. The molecule has 0 aliphatic carbocycles. The summed E-state index contributed by atoms with van der Waals surface area (Å²) in [6.45, 7) is 4.16. The van der Waals surface area contributed by atoms with Crippen molar-refractivity contribution in [2.45, 2.75) is 6.54 Å². The van der Waals surface area contributed by atoms with Crippen LogP contribution in [0.25, 0.3) is 10.9 Å². The van der Waals surface area contributed by atoms with Gasteiger partial charge in [-0.3, -0.25) is 14.5 Å². The molecule has 27 heavy (non-hydrogen) atoms. The molecule has 4 rings (SSSR count). The summed E-state index contributed by atoms with van der Waals surface area (Å²) in [5.41, 5.74) is 1.40. The lowest BCUT2D eigenvalue weighted by Crippen LogP contribution is -2.49. The number of benzene rings is 1. The van der Waals surface area contributed by atoms with Crippen LogP contribution in [0.4, 0.5) is 0 Å². The summed E-state index contributed by atoms with van der Waals surface area (Å²) in [5.74, 6) is 0.00270. The first-order valence-electron chi connectivity index (χ1n) is 8.92. The molecule has 0 radical (unpaired) electrons. The van der Waals surface area contributed by atoms with Gasteiger partial charge in [-0.25, -0.2) is 4.68 Å². The smallest absolute Gasteiger partial charge is 0.270 e. The highest BCUT2D eigenvalue weighted by atomic mass is 35.5. The van der Waals surface area contributed by atoms with Crippen LogP contribution >= 0.6 is 11.6 Å². The lowest BCUT2D eigenvalue weighted by molar-refractivity contribution is 0.0626. The Labute approximate surface area is 161 Å². The second-order valence-corrected chi connectivity index (χ2v) is 7.07. The molecule has 1 fully saturated rings. The fourth-order valence-corrected chi connectivity index (χ4v) is 3.54. The van der Waals surface area contributed by atoms with Gasteiger partial charge in [0.25, 0.3) is 11.5 Å². The Balaban J connectivity index is 1.34. The number of nitrogens with zero attached hydrogens (tertiary/aromatic N) is 4. The van der Waals surface area contributed by atoms with Crippen molar-refractivity contribution in [3.8, 4) is 0 Å². The number of rotatable bonds is 4. The normalized spacial score (nSPS) is 15.4. The van der Waals surface area contributed by atoms with Gasteiger partial charge >= 0.3 is 0 Å². The zero-order valence-corrected chi connectivity index (χ0v) is 15.5. The number of aromatic amines is 1. The van der Waals surface area contributed by atoms with Crippen molar-refractivity contribution in [2.75, 3.05) is 32.7 Å². The largest absolute Gasteiger partial charge is 0.351 e. The zero-order chi connectivity index (χ0) is 18.8. The van der Waals surface area contributed by atoms with E-state index in [1.54, 1.807) is 18.3 Å². The van der Waals surface area contributed by atoms with Gasteiger partial charge in [0, 0.05) is 60.9 Å². The number of carbonyl (C=O) groups excluding carboxylic acids is 1. The van der Waals surface area contributed by atoms with Crippen LogP contribution < -0.4 is 5.56 Å². The molecule has 7 nitrogen and oxygen atoms in total. The molecule has 0 bridgehead atoms. The molecule has 1 aromatic carbocycles. The minimum Gasteiger partial charge on any atom is -0.351 e. The van der Waals surface area contributed by atoms with Crippen molar-refractivity contribution in [3.63, 3.8) is 0 Å². The number of H-pyrrole nitrogens is 1. The number of hydrogen-bond acceptors (Lipinski definition) is 4. The molecule has 1 amide bonds. The van der Waals surface area contributed by atoms with Gasteiger partial charge in [0.15, 0.2) is 0 Å². The molecular formula is C19H20ClN5O2. The summed E-state index contributed by atoms with van der Waals surface area (Å²) < 4.78 is 1.47. The minimum absolute atomic E-state index is 0.00270. The topological polar surface area (TPSA) is 74.2 Å². The molecular weight excluding hydrogens is 366 g/mol. The lowest BCUT2D eigenvalue weighted by Gasteiger charge is -2.34. The average molecular weight is 386 g/mol. The summed E-state index contributed by atoms with van der Waals surface area (Å²) >= 11 is 6.02. The van der Waals surface area contributed by atoms with Crippen molar-refractivity contribution in [2.24, 2.45) is 0 Å². The molecule has 1 aliphatic heterocycles. The van der Waals surface area contributed by atoms with Gasteiger partial charge < -0.3 is 9.88 Å². The van der Waals surface area contributed by atoms with Crippen molar-refractivity contribution in [3.05, 3.63) is 63.7 Å². The van der Waals surface area contributed by atoms with Gasteiger partial charge in [-0.15, -0.1) is 0 Å². The van der Waals surface area contributed by atoms with E-state index in [1.165, 1.54) is 10.7 Å². The van der Waals surface area contributed by atoms with E-state index in [9.17, 15) is 9.59 Å². The predicted octanol–water partition coefficient (Wildman–Crippen LogP) is 1.84. The fourth-order valence-electron chi connectivity index (χ4n) is 3.35. The predicted molar refractivity (Wildman–Crippen MR) is 104 cm³/mol. The van der Waals surface area contributed by atoms with Crippen LogP contribution in [-0.4, -0.2) is 63.2 Å². The first-order chi connectivity index (χ1) is 13.1. The molecule has 2 aromatic heterocycles. The minimum atomic E-state index is -0.0924. The molecule has 140 valence electrons. The molecule has 3 aromatic rings. The van der Waals surface area contributed by atoms with Gasteiger partial charge in [0.1, 0.15) is 5.69 Å². The number of amides is 1. The van der Waals surface area contributed by atoms with Gasteiger partial charge in [0.2, 0.25) is 0 Å². The van der Waals surface area contributed by atoms with Crippen molar-refractivity contribution in [1.29, 1.82) is 0 Å². The SMILES string of the molecule is O=C(c1cc2cc(Cl)ccc2[nH]1)N1CCN(CCn2ncccc2=O)CC1. The molecule has 0 atom stereocenters. The number of halogens is 1. The quantitative estimate of drug-likeness (QED) is 0.743. The van der Waals surface area contributed by atoms with Crippen LogP contribution in [0, 0.1) is 0 Å². The monoisotopic (exact) mass is 385 g/mol. The van der Waals surface area contributed by atoms with E-state index in [-0.39, 0.29) is 11.5 Å². The van der Waals surface area contributed by atoms with E-state index in [0.717, 1.165) is 30.5 Å². The van der Waals surface area contributed by atoms with Gasteiger partial charge in [-0.2, -0.15) is 5.10 Å². The van der Waals surface area contributed by atoms with Crippen LogP contribution in [0.15, 0.2) is 47.4 Å². The van der Waals surface area contributed by atoms with E-state index in [4.69, 9.17) is 11.6 Å². The Bertz CT molecular complexity index is 1020. The van der Waals surface area contributed by atoms with Gasteiger partial charge in [-0.1, -0.05) is 11.6 Å². The molecule has 0 spiro atoms. The number of fused-ring (bicyclic) bond motifs is 1. The van der Waals surface area contributed by atoms with Crippen molar-refractivity contribution in [1.82, 2.24) is 24.6 Å². The maximum absolute atomic E-state index is 12.8. The van der Waals surface area contributed by atoms with Crippen molar-refractivity contribution >= 4 is 28.4 Å². The van der Waals surface area contributed by atoms with E-state index in [1.807, 2.05) is 23.1 Å². The highest BCUT2D eigenvalue weighted by Crippen LogP contribution is 2.21. The van der Waals surface area contributed by atoms with Gasteiger partial charge in [-0.05, 0) is 30.3 Å². The maximum Gasteiger partial charge on any atom is 0.270 e. The summed E-state index contributed by atoms with van der Waals surface area (Å²) in [5, 5.41) is 5.66. The second-order valence-electron chi connectivity index (χ2n) is 6.63. The van der Waals surface area contributed by atoms with Gasteiger partial charge in [0.05, 0.1) is 6.54 Å². The third kappa shape index (κ3) is 3.89. The molecule has 0 saturated carbocycles. The van der Waals surface area contributed by atoms with E-state index >= 15 is 0 Å². The number of nitrogens with one attached hydrogen (secondary N) is 1. The number of carbonyl (C=O) groups is 1. The van der Waals surface area contributed by atoms with Crippen molar-refractivity contribution < 1.29 is 4.79 Å². The molecule has 1 N–H and O–H groups in total.